The Morgan fingerprint density at radius 1 is 1.24 bits per heavy atom. The van der Waals surface area contributed by atoms with Crippen molar-refractivity contribution in [2.24, 2.45) is 11.3 Å². The van der Waals surface area contributed by atoms with E-state index in [1.54, 1.807) is 0 Å². The van der Waals surface area contributed by atoms with Crippen LogP contribution in [0.2, 0.25) is 0 Å². The van der Waals surface area contributed by atoms with Gasteiger partial charge >= 0.3 is 0 Å². The fraction of sp³-hybridized carbons (Fsp3) is 0.778. The first kappa shape index (κ1) is 16.4. The minimum absolute atomic E-state index is 0.252. The summed E-state index contributed by atoms with van der Waals surface area (Å²) >= 11 is 0. The Balaban J connectivity index is 2.07. The molecule has 0 bridgehead atoms. The summed E-state index contributed by atoms with van der Waals surface area (Å²) in [5.74, 6) is 1.78. The van der Waals surface area contributed by atoms with Crippen molar-refractivity contribution in [3.63, 3.8) is 0 Å². The predicted molar refractivity (Wildman–Crippen MR) is 88.6 cm³/mol. The van der Waals surface area contributed by atoms with Gasteiger partial charge in [0.15, 0.2) is 0 Å². The van der Waals surface area contributed by atoms with Crippen molar-refractivity contribution in [1.29, 1.82) is 0 Å². The van der Waals surface area contributed by atoms with E-state index in [0.717, 1.165) is 44.1 Å². The molecule has 0 aromatic carbocycles. The molecule has 21 heavy (non-hydrogen) atoms. The Morgan fingerprint density at radius 3 is 2.67 bits per heavy atom. The van der Waals surface area contributed by atoms with Crippen LogP contribution in [0.3, 0.4) is 0 Å². The van der Waals surface area contributed by atoms with Crippen molar-refractivity contribution in [2.45, 2.75) is 66.7 Å². The molecule has 1 aliphatic carbocycles. The number of fused-ring (bicyclic) bond motifs is 1. The van der Waals surface area contributed by atoms with Gasteiger partial charge in [-0.15, -0.1) is 0 Å². The predicted octanol–water partition coefficient (Wildman–Crippen LogP) is 3.48. The lowest BCUT2D eigenvalue weighted by molar-refractivity contribution is 0.392. The van der Waals surface area contributed by atoms with Crippen LogP contribution in [-0.4, -0.2) is 23.1 Å². The average molecular weight is 289 g/mol. The van der Waals surface area contributed by atoms with Crippen molar-refractivity contribution in [3.8, 4) is 0 Å². The highest BCUT2D eigenvalue weighted by Crippen LogP contribution is 2.27. The van der Waals surface area contributed by atoms with E-state index in [-0.39, 0.29) is 5.41 Å². The lowest BCUT2D eigenvalue weighted by atomic mass is 9.85. The molecule has 0 amide bonds. The smallest absolute Gasteiger partial charge is 0.129 e. The molecule has 1 aliphatic rings. The van der Waals surface area contributed by atoms with Crippen molar-refractivity contribution in [3.05, 3.63) is 22.8 Å². The molecule has 1 aromatic heterocycles. The van der Waals surface area contributed by atoms with Gasteiger partial charge in [0, 0.05) is 17.8 Å². The van der Waals surface area contributed by atoms with E-state index in [2.05, 4.69) is 39.9 Å². The summed E-state index contributed by atoms with van der Waals surface area (Å²) in [5.41, 5.74) is 4.19. The molecule has 1 atom stereocenters. The Morgan fingerprint density at radius 2 is 2.00 bits per heavy atom. The van der Waals surface area contributed by atoms with E-state index in [4.69, 9.17) is 9.97 Å². The first-order valence-electron chi connectivity index (χ1n) is 8.45. The van der Waals surface area contributed by atoms with Gasteiger partial charge in [-0.25, -0.2) is 9.97 Å². The number of nitrogens with one attached hydrogen (secondary N) is 1. The van der Waals surface area contributed by atoms with E-state index in [1.807, 2.05) is 0 Å². The van der Waals surface area contributed by atoms with E-state index < -0.39 is 0 Å². The van der Waals surface area contributed by atoms with Gasteiger partial charge < -0.3 is 5.32 Å². The van der Waals surface area contributed by atoms with Gasteiger partial charge in [0.2, 0.25) is 0 Å². The number of aromatic nitrogens is 2. The number of nitrogens with zero attached hydrogens (tertiary/aromatic N) is 2. The zero-order valence-electron chi connectivity index (χ0n) is 14.4. The molecule has 0 radical (unpaired) electrons. The van der Waals surface area contributed by atoms with Crippen LogP contribution in [0.1, 0.15) is 63.3 Å². The van der Waals surface area contributed by atoms with Crippen LogP contribution in [0.5, 0.6) is 0 Å². The van der Waals surface area contributed by atoms with E-state index in [1.165, 1.54) is 29.8 Å². The molecule has 1 unspecified atom stereocenters. The molecule has 118 valence electrons. The second kappa shape index (κ2) is 6.87. The molecule has 3 heteroatoms. The summed E-state index contributed by atoms with van der Waals surface area (Å²) in [7, 11) is 0. The summed E-state index contributed by atoms with van der Waals surface area (Å²) in [5, 5.41) is 3.56. The maximum atomic E-state index is 4.86. The van der Waals surface area contributed by atoms with Crippen molar-refractivity contribution in [1.82, 2.24) is 15.3 Å². The number of hydrogen-bond donors (Lipinski definition) is 1. The fourth-order valence-corrected chi connectivity index (χ4v) is 3.13. The summed E-state index contributed by atoms with van der Waals surface area (Å²) in [4.78, 5) is 9.63. The molecular weight excluding hydrogens is 258 g/mol. The normalized spacial score (nSPS) is 18.6. The number of rotatable bonds is 5. The summed E-state index contributed by atoms with van der Waals surface area (Å²) < 4.78 is 0. The minimum atomic E-state index is 0.252. The lowest BCUT2D eigenvalue weighted by Crippen LogP contribution is -2.29. The Kier molecular flexibility index (Phi) is 5.37. The molecule has 1 aromatic rings. The molecule has 3 nitrogen and oxygen atoms in total. The Hall–Kier alpha value is -0.960. The molecule has 0 spiro atoms. The van der Waals surface area contributed by atoms with Crippen LogP contribution in [0.4, 0.5) is 0 Å². The largest absolute Gasteiger partial charge is 0.316 e. The Bertz CT molecular complexity index is 474. The van der Waals surface area contributed by atoms with Gasteiger partial charge in [-0.2, -0.15) is 0 Å². The minimum Gasteiger partial charge on any atom is -0.316 e. The third kappa shape index (κ3) is 4.77. The SMILES string of the molecule is CCCNCC1CCc2nc(CC(C)(C)C)nc(C)c2C1. The van der Waals surface area contributed by atoms with E-state index >= 15 is 0 Å². The Labute approximate surface area is 130 Å². The standard InChI is InChI=1S/C18H31N3/c1-6-9-19-12-14-7-8-16-15(10-14)13(2)20-17(21-16)11-18(3,4)5/h14,19H,6-12H2,1-5H3. The van der Waals surface area contributed by atoms with Crippen LogP contribution < -0.4 is 5.32 Å². The van der Waals surface area contributed by atoms with Gasteiger partial charge in [0.05, 0.1) is 0 Å². The highest BCUT2D eigenvalue weighted by molar-refractivity contribution is 5.28. The first-order valence-corrected chi connectivity index (χ1v) is 8.45. The third-order valence-electron chi connectivity index (χ3n) is 4.18. The van der Waals surface area contributed by atoms with Gasteiger partial charge in [0.25, 0.3) is 0 Å². The third-order valence-corrected chi connectivity index (χ3v) is 4.18. The topological polar surface area (TPSA) is 37.8 Å². The number of aryl methyl sites for hydroxylation is 2. The second-order valence-corrected chi connectivity index (χ2v) is 7.70. The van der Waals surface area contributed by atoms with Gasteiger partial charge in [-0.3, -0.25) is 0 Å². The maximum absolute atomic E-state index is 4.86. The van der Waals surface area contributed by atoms with Crippen molar-refractivity contribution in [2.75, 3.05) is 13.1 Å². The molecular formula is C18H31N3. The van der Waals surface area contributed by atoms with Crippen molar-refractivity contribution < 1.29 is 0 Å². The molecule has 1 N–H and O–H groups in total. The monoisotopic (exact) mass is 289 g/mol. The molecule has 0 aliphatic heterocycles. The molecule has 0 saturated carbocycles. The summed E-state index contributed by atoms with van der Waals surface area (Å²) in [6, 6.07) is 0. The quantitative estimate of drug-likeness (QED) is 0.843. The molecule has 0 saturated heterocycles. The highest BCUT2D eigenvalue weighted by atomic mass is 14.9. The van der Waals surface area contributed by atoms with Gasteiger partial charge in [-0.05, 0) is 62.6 Å². The fourth-order valence-electron chi connectivity index (χ4n) is 3.13. The lowest BCUT2D eigenvalue weighted by Gasteiger charge is -2.26. The summed E-state index contributed by atoms with van der Waals surface area (Å²) in [6.45, 7) is 13.4. The molecule has 0 fully saturated rings. The zero-order valence-corrected chi connectivity index (χ0v) is 14.4. The maximum Gasteiger partial charge on any atom is 0.129 e. The van der Waals surface area contributed by atoms with Crippen LogP contribution in [0.25, 0.3) is 0 Å². The van der Waals surface area contributed by atoms with Crippen LogP contribution in [0, 0.1) is 18.3 Å². The highest BCUT2D eigenvalue weighted by Gasteiger charge is 2.23. The molecule has 2 rings (SSSR count). The number of hydrogen-bond acceptors (Lipinski definition) is 3. The van der Waals surface area contributed by atoms with Crippen LogP contribution in [0.15, 0.2) is 0 Å². The summed E-state index contributed by atoms with van der Waals surface area (Å²) in [6.07, 6.45) is 5.70. The zero-order chi connectivity index (χ0) is 15.5. The van der Waals surface area contributed by atoms with Crippen LogP contribution >= 0.6 is 0 Å². The van der Waals surface area contributed by atoms with E-state index in [9.17, 15) is 0 Å². The second-order valence-electron chi connectivity index (χ2n) is 7.70. The van der Waals surface area contributed by atoms with Crippen LogP contribution in [-0.2, 0) is 19.3 Å². The molecule has 1 heterocycles. The average Bonchev–Trinajstić information content (AvgIpc) is 2.38. The van der Waals surface area contributed by atoms with Gasteiger partial charge in [0.1, 0.15) is 5.82 Å². The van der Waals surface area contributed by atoms with Crippen molar-refractivity contribution >= 4 is 0 Å². The van der Waals surface area contributed by atoms with E-state index in [0.29, 0.717) is 0 Å². The van der Waals surface area contributed by atoms with Gasteiger partial charge in [-0.1, -0.05) is 27.7 Å². The first-order chi connectivity index (χ1) is 9.89.